The van der Waals surface area contributed by atoms with Gasteiger partial charge < -0.3 is 14.8 Å². The van der Waals surface area contributed by atoms with Gasteiger partial charge in [-0.2, -0.15) is 0 Å². The molecule has 30 heavy (non-hydrogen) atoms. The van der Waals surface area contributed by atoms with Gasteiger partial charge in [-0.25, -0.2) is 4.79 Å². The lowest BCUT2D eigenvalue weighted by Crippen LogP contribution is -2.28. The van der Waals surface area contributed by atoms with Crippen molar-refractivity contribution in [3.8, 4) is 11.1 Å². The van der Waals surface area contributed by atoms with E-state index in [1.165, 1.54) is 22.3 Å². The molecule has 0 saturated carbocycles. The summed E-state index contributed by atoms with van der Waals surface area (Å²) >= 11 is 0. The van der Waals surface area contributed by atoms with Crippen molar-refractivity contribution in [3.63, 3.8) is 0 Å². The molecule has 0 spiro atoms. The fourth-order valence-corrected chi connectivity index (χ4v) is 3.79. The molecule has 0 radical (unpaired) electrons. The van der Waals surface area contributed by atoms with Crippen LogP contribution in [0.25, 0.3) is 11.1 Å². The zero-order valence-electron chi connectivity index (χ0n) is 16.8. The SMILES string of the molecule is C=C(CNC(=O)OCC1c2ccccc2-c2ccccc21)COCc1ccccc1. The van der Waals surface area contributed by atoms with Crippen molar-refractivity contribution >= 4 is 6.09 Å². The molecule has 3 aromatic rings. The number of benzene rings is 3. The quantitative estimate of drug-likeness (QED) is 0.523. The molecule has 0 atom stereocenters. The van der Waals surface area contributed by atoms with Gasteiger partial charge in [0.2, 0.25) is 0 Å². The fourth-order valence-electron chi connectivity index (χ4n) is 3.79. The molecule has 4 nitrogen and oxygen atoms in total. The Bertz CT molecular complexity index is 984. The van der Waals surface area contributed by atoms with E-state index in [0.29, 0.717) is 26.4 Å². The van der Waals surface area contributed by atoms with Crippen LogP contribution < -0.4 is 5.32 Å². The van der Waals surface area contributed by atoms with E-state index in [0.717, 1.165) is 11.1 Å². The van der Waals surface area contributed by atoms with Gasteiger partial charge >= 0.3 is 6.09 Å². The molecule has 0 fully saturated rings. The van der Waals surface area contributed by atoms with Crippen molar-refractivity contribution in [2.24, 2.45) is 0 Å². The first-order valence-electron chi connectivity index (χ1n) is 10.1. The van der Waals surface area contributed by atoms with Crippen molar-refractivity contribution in [1.29, 1.82) is 0 Å². The van der Waals surface area contributed by atoms with Gasteiger partial charge in [-0.15, -0.1) is 0 Å². The van der Waals surface area contributed by atoms with Gasteiger partial charge in [0.25, 0.3) is 0 Å². The average molecular weight is 399 g/mol. The Kier molecular flexibility index (Phi) is 6.26. The summed E-state index contributed by atoms with van der Waals surface area (Å²) in [5.74, 6) is 0.0561. The lowest BCUT2D eigenvalue weighted by molar-refractivity contribution is 0.135. The highest BCUT2D eigenvalue weighted by Crippen LogP contribution is 2.44. The molecule has 152 valence electrons. The smallest absolute Gasteiger partial charge is 0.407 e. The monoisotopic (exact) mass is 399 g/mol. The molecule has 0 aliphatic heterocycles. The number of hydrogen-bond donors (Lipinski definition) is 1. The number of ether oxygens (including phenoxy) is 2. The summed E-state index contributed by atoms with van der Waals surface area (Å²) in [7, 11) is 0. The number of rotatable bonds is 8. The van der Waals surface area contributed by atoms with Gasteiger partial charge in [-0.3, -0.25) is 0 Å². The van der Waals surface area contributed by atoms with Crippen molar-refractivity contribution in [1.82, 2.24) is 5.32 Å². The number of amides is 1. The normalized spacial score (nSPS) is 12.1. The van der Waals surface area contributed by atoms with Crippen LogP contribution in [0, 0.1) is 0 Å². The van der Waals surface area contributed by atoms with Crippen LogP contribution in [0.3, 0.4) is 0 Å². The lowest BCUT2D eigenvalue weighted by Gasteiger charge is -2.15. The number of alkyl carbamates (subject to hydrolysis) is 1. The zero-order valence-corrected chi connectivity index (χ0v) is 16.8. The van der Waals surface area contributed by atoms with Crippen molar-refractivity contribution < 1.29 is 14.3 Å². The molecule has 0 saturated heterocycles. The Morgan fingerprint density at radius 1 is 0.867 bits per heavy atom. The molecule has 4 rings (SSSR count). The molecular formula is C26H25NO3. The van der Waals surface area contributed by atoms with E-state index in [1.807, 2.05) is 54.6 Å². The summed E-state index contributed by atoms with van der Waals surface area (Å²) in [6.07, 6.45) is -0.443. The summed E-state index contributed by atoms with van der Waals surface area (Å²) in [5.41, 5.74) is 6.72. The van der Waals surface area contributed by atoms with Gasteiger partial charge in [0.1, 0.15) is 6.61 Å². The van der Waals surface area contributed by atoms with E-state index in [4.69, 9.17) is 9.47 Å². The molecule has 1 aliphatic rings. The third kappa shape index (κ3) is 4.61. The molecule has 1 amide bonds. The van der Waals surface area contributed by atoms with E-state index < -0.39 is 6.09 Å². The third-order valence-electron chi connectivity index (χ3n) is 5.24. The van der Waals surface area contributed by atoms with Crippen LogP contribution >= 0.6 is 0 Å². The minimum absolute atomic E-state index is 0.0561. The Morgan fingerprint density at radius 3 is 2.13 bits per heavy atom. The Labute approximate surface area is 177 Å². The number of fused-ring (bicyclic) bond motifs is 3. The van der Waals surface area contributed by atoms with E-state index in [-0.39, 0.29) is 5.92 Å². The van der Waals surface area contributed by atoms with Gasteiger partial charge in [-0.1, -0.05) is 85.4 Å². The van der Waals surface area contributed by atoms with Gasteiger partial charge in [0.05, 0.1) is 13.2 Å². The molecule has 1 aliphatic carbocycles. The summed E-state index contributed by atoms with van der Waals surface area (Å²) < 4.78 is 11.2. The van der Waals surface area contributed by atoms with Crippen LogP contribution in [0.4, 0.5) is 4.79 Å². The molecule has 1 N–H and O–H groups in total. The molecule has 0 aromatic heterocycles. The van der Waals surface area contributed by atoms with E-state index in [1.54, 1.807) is 0 Å². The molecule has 3 aromatic carbocycles. The Balaban J connectivity index is 1.24. The second kappa shape index (κ2) is 9.42. The second-order valence-electron chi connectivity index (χ2n) is 7.41. The zero-order chi connectivity index (χ0) is 20.8. The van der Waals surface area contributed by atoms with Gasteiger partial charge in [0.15, 0.2) is 0 Å². The van der Waals surface area contributed by atoms with Crippen molar-refractivity contribution in [2.75, 3.05) is 19.8 Å². The van der Waals surface area contributed by atoms with Crippen LogP contribution in [-0.2, 0) is 16.1 Å². The first kappa shape index (κ1) is 19.9. The second-order valence-corrected chi connectivity index (χ2v) is 7.41. The highest BCUT2D eigenvalue weighted by molar-refractivity contribution is 5.79. The topological polar surface area (TPSA) is 47.6 Å². The standard InChI is InChI=1S/C26H25NO3/c1-19(16-29-17-20-9-3-2-4-10-20)15-27-26(28)30-18-25-23-13-7-5-11-21(23)22-12-6-8-14-24(22)25/h2-14,25H,1,15-18H2,(H,27,28). The Hall–Kier alpha value is -3.37. The maximum atomic E-state index is 12.2. The van der Waals surface area contributed by atoms with Crippen LogP contribution in [0.1, 0.15) is 22.6 Å². The van der Waals surface area contributed by atoms with Crippen LogP contribution in [-0.4, -0.2) is 25.9 Å². The maximum absolute atomic E-state index is 12.2. The number of nitrogens with one attached hydrogen (secondary N) is 1. The summed E-state index contributed by atoms with van der Waals surface area (Å²) in [5, 5.41) is 2.76. The minimum atomic E-state index is -0.443. The largest absolute Gasteiger partial charge is 0.449 e. The lowest BCUT2D eigenvalue weighted by atomic mass is 9.98. The molecule has 0 bridgehead atoms. The molecule has 0 heterocycles. The maximum Gasteiger partial charge on any atom is 0.407 e. The Morgan fingerprint density at radius 2 is 1.47 bits per heavy atom. The summed E-state index contributed by atoms with van der Waals surface area (Å²) in [6.45, 7) is 5.49. The highest BCUT2D eigenvalue weighted by Gasteiger charge is 2.28. The number of carbonyl (C=O) groups is 1. The number of carbonyl (C=O) groups excluding carboxylic acids is 1. The van der Waals surface area contributed by atoms with Crippen molar-refractivity contribution in [3.05, 3.63) is 108 Å². The minimum Gasteiger partial charge on any atom is -0.449 e. The van der Waals surface area contributed by atoms with E-state index in [9.17, 15) is 4.79 Å². The van der Waals surface area contributed by atoms with Gasteiger partial charge in [-0.05, 0) is 33.4 Å². The molecule has 4 heteroatoms. The third-order valence-corrected chi connectivity index (χ3v) is 5.24. The fraction of sp³-hybridized carbons (Fsp3) is 0.192. The van der Waals surface area contributed by atoms with Gasteiger partial charge in [0, 0.05) is 12.5 Å². The van der Waals surface area contributed by atoms with Crippen LogP contribution in [0.15, 0.2) is 91.0 Å². The van der Waals surface area contributed by atoms with Crippen molar-refractivity contribution in [2.45, 2.75) is 12.5 Å². The summed E-state index contributed by atoms with van der Waals surface area (Å²) in [4.78, 5) is 12.2. The van der Waals surface area contributed by atoms with E-state index in [2.05, 4.69) is 36.2 Å². The molecule has 0 unspecified atom stereocenters. The van der Waals surface area contributed by atoms with Crippen LogP contribution in [0.2, 0.25) is 0 Å². The highest BCUT2D eigenvalue weighted by atomic mass is 16.5. The van der Waals surface area contributed by atoms with Crippen LogP contribution in [0.5, 0.6) is 0 Å². The summed E-state index contributed by atoms with van der Waals surface area (Å²) in [6, 6.07) is 26.5. The average Bonchev–Trinajstić information content (AvgIpc) is 3.11. The first-order valence-corrected chi connectivity index (χ1v) is 10.1. The van der Waals surface area contributed by atoms with E-state index >= 15 is 0 Å². The molecular weight excluding hydrogens is 374 g/mol. The predicted molar refractivity (Wildman–Crippen MR) is 118 cm³/mol. The predicted octanol–water partition coefficient (Wildman–Crippen LogP) is 5.30. The number of hydrogen-bond acceptors (Lipinski definition) is 3. The first-order chi connectivity index (χ1) is 14.7.